The SMILES string of the molecule is [C-]#[N+]c1cccc(C2CCCN2C2CC=C(c3ccc(C(=O)NS(=O)(=O)c4ccc(NCC5CCOCC5)c([N+](=O)[O-])c4)c(Oc4cnc5[nH]ccc5c4)c3)CC2)c1. The Morgan fingerprint density at radius 3 is 2.72 bits per heavy atom. The van der Waals surface area contributed by atoms with Crippen LogP contribution in [0.5, 0.6) is 11.5 Å². The molecule has 3 aliphatic rings. The Balaban J connectivity index is 1.03. The summed E-state index contributed by atoms with van der Waals surface area (Å²) in [6.07, 6.45) is 11.8. The molecule has 14 nitrogen and oxygen atoms in total. The summed E-state index contributed by atoms with van der Waals surface area (Å²) in [6.45, 7) is 10.2. The van der Waals surface area contributed by atoms with E-state index in [1.54, 1.807) is 24.4 Å². The van der Waals surface area contributed by atoms with Crippen LogP contribution in [0, 0.1) is 22.6 Å². The molecular formula is C43H43N7O7S. The molecule has 0 saturated carbocycles. The van der Waals surface area contributed by atoms with Crippen molar-refractivity contribution in [1.29, 1.82) is 0 Å². The maximum absolute atomic E-state index is 13.9. The number of aromatic amines is 1. The predicted molar refractivity (Wildman–Crippen MR) is 219 cm³/mol. The maximum Gasteiger partial charge on any atom is 0.293 e. The molecule has 2 aromatic heterocycles. The van der Waals surface area contributed by atoms with Gasteiger partial charge in [0.05, 0.1) is 28.2 Å². The molecule has 0 bridgehead atoms. The Hall–Kier alpha value is -6.08. The van der Waals surface area contributed by atoms with E-state index < -0.39 is 31.4 Å². The third kappa shape index (κ3) is 8.45. The van der Waals surface area contributed by atoms with E-state index in [1.165, 1.54) is 30.0 Å². The largest absolute Gasteiger partial charge is 0.455 e. The van der Waals surface area contributed by atoms with Crippen molar-refractivity contribution in [2.45, 2.75) is 61.9 Å². The number of fused-ring (bicyclic) bond motifs is 1. The molecule has 3 N–H and O–H groups in total. The molecule has 2 fully saturated rings. The molecule has 2 aliphatic heterocycles. The van der Waals surface area contributed by atoms with Crippen LogP contribution < -0.4 is 14.8 Å². The number of sulfonamides is 1. The topological polar surface area (TPSA) is 173 Å². The zero-order chi connectivity index (χ0) is 40.2. The average molecular weight is 802 g/mol. The number of ether oxygens (including phenoxy) is 2. The number of aromatic nitrogens is 2. The van der Waals surface area contributed by atoms with Crippen molar-refractivity contribution in [3.63, 3.8) is 0 Å². The van der Waals surface area contributed by atoms with Crippen LogP contribution in [0.1, 0.15) is 72.5 Å². The van der Waals surface area contributed by atoms with Gasteiger partial charge in [-0.25, -0.2) is 23.0 Å². The highest BCUT2D eigenvalue weighted by Gasteiger charge is 2.33. The smallest absolute Gasteiger partial charge is 0.293 e. The molecule has 4 heterocycles. The fourth-order valence-electron chi connectivity index (χ4n) is 8.29. The number of nitrogens with one attached hydrogen (secondary N) is 3. The number of nitro groups is 1. The molecule has 1 amide bonds. The van der Waals surface area contributed by atoms with Gasteiger partial charge in [0.25, 0.3) is 21.6 Å². The second-order valence-corrected chi connectivity index (χ2v) is 16.6. The van der Waals surface area contributed by atoms with Gasteiger partial charge in [-0.15, -0.1) is 0 Å². The summed E-state index contributed by atoms with van der Waals surface area (Å²) in [5, 5.41) is 15.9. The van der Waals surface area contributed by atoms with Gasteiger partial charge >= 0.3 is 0 Å². The number of pyridine rings is 1. The minimum atomic E-state index is -4.55. The Labute approximate surface area is 336 Å². The van der Waals surface area contributed by atoms with E-state index in [-0.39, 0.29) is 29.0 Å². The number of anilines is 1. The van der Waals surface area contributed by atoms with E-state index in [0.717, 1.165) is 74.1 Å². The molecule has 2 atom stereocenters. The second kappa shape index (κ2) is 16.8. The zero-order valence-electron chi connectivity index (χ0n) is 31.7. The van der Waals surface area contributed by atoms with E-state index in [2.05, 4.69) is 41.9 Å². The molecule has 0 radical (unpaired) electrons. The fourth-order valence-corrected chi connectivity index (χ4v) is 9.27. The van der Waals surface area contributed by atoms with Crippen LogP contribution in [-0.4, -0.2) is 66.5 Å². The Morgan fingerprint density at radius 2 is 1.93 bits per heavy atom. The number of hydrogen-bond donors (Lipinski definition) is 3. The summed E-state index contributed by atoms with van der Waals surface area (Å²) < 4.78 is 41.0. The van der Waals surface area contributed by atoms with Crippen LogP contribution in [0.2, 0.25) is 0 Å². The lowest BCUT2D eigenvalue weighted by molar-refractivity contribution is -0.384. The first-order valence-corrected chi connectivity index (χ1v) is 21.0. The molecule has 298 valence electrons. The lowest BCUT2D eigenvalue weighted by Gasteiger charge is -2.35. The highest BCUT2D eigenvalue weighted by molar-refractivity contribution is 7.90. The lowest BCUT2D eigenvalue weighted by atomic mass is 9.88. The van der Waals surface area contributed by atoms with Gasteiger partial charge in [0, 0.05) is 49.5 Å². The van der Waals surface area contributed by atoms with Crippen LogP contribution in [0.15, 0.2) is 96.2 Å². The van der Waals surface area contributed by atoms with Crippen molar-refractivity contribution < 1.29 is 27.6 Å². The van der Waals surface area contributed by atoms with Gasteiger partial charge in [-0.1, -0.05) is 36.4 Å². The summed E-state index contributed by atoms with van der Waals surface area (Å²) in [5.74, 6) is -0.208. The van der Waals surface area contributed by atoms with Crippen LogP contribution >= 0.6 is 0 Å². The zero-order valence-corrected chi connectivity index (χ0v) is 32.5. The summed E-state index contributed by atoms with van der Waals surface area (Å²) in [5.41, 5.74) is 4.15. The first-order chi connectivity index (χ1) is 28.1. The summed E-state index contributed by atoms with van der Waals surface area (Å²) >= 11 is 0. The number of amides is 1. The van der Waals surface area contributed by atoms with Gasteiger partial charge in [-0.3, -0.25) is 19.8 Å². The van der Waals surface area contributed by atoms with Crippen LogP contribution in [0.3, 0.4) is 0 Å². The molecule has 0 spiro atoms. The lowest BCUT2D eigenvalue weighted by Crippen LogP contribution is -2.35. The quantitative estimate of drug-likeness (QED) is 0.0630. The number of rotatable bonds is 12. The molecule has 8 rings (SSSR count). The van der Waals surface area contributed by atoms with E-state index in [4.69, 9.17) is 16.0 Å². The Morgan fingerprint density at radius 1 is 1.07 bits per heavy atom. The number of hydrogen-bond acceptors (Lipinski definition) is 10. The van der Waals surface area contributed by atoms with Crippen LogP contribution in [-0.2, 0) is 14.8 Å². The van der Waals surface area contributed by atoms with Gasteiger partial charge in [-0.2, -0.15) is 0 Å². The highest BCUT2D eigenvalue weighted by Crippen LogP contribution is 2.41. The number of likely N-dealkylation sites (tertiary alicyclic amines) is 1. The van der Waals surface area contributed by atoms with E-state index in [9.17, 15) is 23.3 Å². The number of carbonyl (C=O) groups excluding carboxylic acids is 1. The summed E-state index contributed by atoms with van der Waals surface area (Å²) in [6, 6.07) is 20.7. The molecule has 15 heteroatoms. The van der Waals surface area contributed by atoms with Crippen molar-refractivity contribution in [2.75, 3.05) is 31.6 Å². The number of H-pyrrole nitrogens is 1. The molecule has 58 heavy (non-hydrogen) atoms. The monoisotopic (exact) mass is 801 g/mol. The highest BCUT2D eigenvalue weighted by atomic mass is 32.2. The van der Waals surface area contributed by atoms with Gasteiger partial charge in [0.2, 0.25) is 0 Å². The number of nitrogens with zero attached hydrogens (tertiary/aromatic N) is 4. The Kier molecular flexibility index (Phi) is 11.2. The number of benzene rings is 3. The summed E-state index contributed by atoms with van der Waals surface area (Å²) in [4.78, 5) is 38.5. The average Bonchev–Trinajstić information content (AvgIpc) is 3.94. The number of carbonyl (C=O) groups is 1. The molecular weight excluding hydrogens is 759 g/mol. The summed E-state index contributed by atoms with van der Waals surface area (Å²) in [7, 11) is -4.55. The molecule has 3 aromatic carbocycles. The first-order valence-electron chi connectivity index (χ1n) is 19.5. The van der Waals surface area contributed by atoms with Crippen molar-refractivity contribution >= 4 is 49.6 Å². The molecule has 1 aliphatic carbocycles. The van der Waals surface area contributed by atoms with E-state index in [0.29, 0.717) is 42.9 Å². The molecule has 2 saturated heterocycles. The van der Waals surface area contributed by atoms with E-state index >= 15 is 0 Å². The maximum atomic E-state index is 13.9. The van der Waals surface area contributed by atoms with Gasteiger partial charge in [0.15, 0.2) is 5.69 Å². The fraction of sp³-hybridized carbons (Fsp3) is 0.326. The third-order valence-electron chi connectivity index (χ3n) is 11.4. The van der Waals surface area contributed by atoms with Crippen LogP contribution in [0.4, 0.5) is 17.1 Å². The first kappa shape index (κ1) is 38.8. The standard InChI is InChI=1S/C43H43N7O7S/c1-44-33-5-2-4-31(22-33)39-6-3-19-49(39)34-10-7-29(8-11-34)30-9-13-37(41(24-30)57-35-23-32-15-18-45-42(32)47-27-35)43(51)48-58(54,55)36-12-14-38(40(25-36)50(52)53)46-26-28-16-20-56-21-17-28/h2,4-5,7,9,12-15,18,22-25,27-28,34,39,46H,3,6,8,10-11,16-17,19-21,26H2,(H,45,47)(H,48,51). The van der Waals surface area contributed by atoms with Gasteiger partial charge in [-0.05, 0) is 111 Å². The van der Waals surface area contributed by atoms with Crippen molar-refractivity contribution in [1.82, 2.24) is 19.6 Å². The molecule has 5 aromatic rings. The normalized spacial score (nSPS) is 19.0. The minimum absolute atomic E-state index is 0.0402. The van der Waals surface area contributed by atoms with Crippen molar-refractivity contribution in [3.05, 3.63) is 129 Å². The van der Waals surface area contributed by atoms with E-state index in [1.807, 2.05) is 24.3 Å². The Bertz CT molecular complexity index is 2540. The number of nitro benzene ring substituents is 1. The van der Waals surface area contributed by atoms with Gasteiger partial charge < -0.3 is 19.8 Å². The van der Waals surface area contributed by atoms with Gasteiger partial charge in [0.1, 0.15) is 22.8 Å². The predicted octanol–water partition coefficient (Wildman–Crippen LogP) is 8.54. The second-order valence-electron chi connectivity index (χ2n) is 15.0. The van der Waals surface area contributed by atoms with Crippen molar-refractivity contribution in [3.8, 4) is 11.5 Å². The molecule has 2 unspecified atom stereocenters. The minimum Gasteiger partial charge on any atom is -0.455 e. The number of allylic oxidation sites excluding steroid dienone is 1. The third-order valence-corrected chi connectivity index (χ3v) is 12.7. The van der Waals surface area contributed by atoms with Crippen molar-refractivity contribution in [2.24, 2.45) is 5.92 Å². The van der Waals surface area contributed by atoms with Crippen LogP contribution in [0.25, 0.3) is 21.5 Å².